The molecule has 0 bridgehead atoms. The van der Waals surface area contributed by atoms with Crippen molar-refractivity contribution in [1.29, 1.82) is 0 Å². The molecule has 3 heteroatoms. The lowest BCUT2D eigenvalue weighted by molar-refractivity contribution is 0.232. The Morgan fingerprint density at radius 2 is 1.88 bits per heavy atom. The number of hydrogen-bond donors (Lipinski definition) is 0. The van der Waals surface area contributed by atoms with Crippen LogP contribution >= 0.6 is 0 Å². The van der Waals surface area contributed by atoms with Crippen LogP contribution in [0.3, 0.4) is 0 Å². The van der Waals surface area contributed by atoms with Gasteiger partial charge in [-0.1, -0.05) is 30.3 Å². The van der Waals surface area contributed by atoms with E-state index in [0.717, 1.165) is 37.2 Å². The predicted molar refractivity (Wildman–Crippen MR) is 96.0 cm³/mol. The third-order valence-corrected chi connectivity index (χ3v) is 4.95. The highest BCUT2D eigenvalue weighted by atomic mass is 19.1. The Morgan fingerprint density at radius 3 is 2.62 bits per heavy atom. The van der Waals surface area contributed by atoms with Gasteiger partial charge < -0.3 is 9.64 Å². The van der Waals surface area contributed by atoms with Crippen LogP contribution in [0.4, 0.5) is 4.39 Å². The van der Waals surface area contributed by atoms with Crippen molar-refractivity contribution in [3.8, 4) is 5.75 Å². The molecule has 1 saturated heterocycles. The van der Waals surface area contributed by atoms with Crippen LogP contribution in [-0.4, -0.2) is 31.1 Å². The number of likely N-dealkylation sites (tertiary alicyclic amines) is 1. The molecular weight excluding hydrogens is 301 g/mol. The molecule has 2 aromatic rings. The highest BCUT2D eigenvalue weighted by Crippen LogP contribution is 2.22. The number of benzene rings is 2. The van der Waals surface area contributed by atoms with Crippen LogP contribution in [0.2, 0.25) is 0 Å². The van der Waals surface area contributed by atoms with Crippen molar-refractivity contribution in [1.82, 2.24) is 4.90 Å². The van der Waals surface area contributed by atoms with E-state index in [-0.39, 0.29) is 5.82 Å². The van der Waals surface area contributed by atoms with Crippen LogP contribution in [0.5, 0.6) is 5.75 Å². The average molecular weight is 327 g/mol. The first-order valence-electron chi connectivity index (χ1n) is 8.88. The molecule has 0 aliphatic carbocycles. The van der Waals surface area contributed by atoms with Crippen molar-refractivity contribution in [2.75, 3.05) is 20.2 Å². The molecule has 2 nitrogen and oxygen atoms in total. The summed E-state index contributed by atoms with van der Waals surface area (Å²) in [6, 6.07) is 15.7. The lowest BCUT2D eigenvalue weighted by Crippen LogP contribution is -2.26. The molecule has 0 saturated carbocycles. The molecule has 1 unspecified atom stereocenters. The number of hydrogen-bond acceptors (Lipinski definition) is 2. The van der Waals surface area contributed by atoms with Crippen molar-refractivity contribution in [3.05, 3.63) is 65.5 Å². The number of ether oxygens (including phenoxy) is 1. The second-order valence-corrected chi connectivity index (χ2v) is 6.65. The molecule has 0 radical (unpaired) electrons. The van der Waals surface area contributed by atoms with Gasteiger partial charge in [0.05, 0.1) is 6.61 Å². The van der Waals surface area contributed by atoms with Gasteiger partial charge in [0.1, 0.15) is 11.6 Å². The normalized spacial score (nSPS) is 18.0. The van der Waals surface area contributed by atoms with Crippen LogP contribution in [0.1, 0.15) is 30.4 Å². The zero-order valence-corrected chi connectivity index (χ0v) is 14.4. The Hall–Kier alpha value is -1.87. The van der Waals surface area contributed by atoms with Gasteiger partial charge in [-0.25, -0.2) is 4.39 Å². The fraction of sp³-hybridized carbons (Fsp3) is 0.429. The summed E-state index contributed by atoms with van der Waals surface area (Å²) in [5.41, 5.74) is 2.38. The highest BCUT2D eigenvalue weighted by Gasteiger charge is 2.20. The van der Waals surface area contributed by atoms with Crippen molar-refractivity contribution in [2.24, 2.45) is 0 Å². The van der Waals surface area contributed by atoms with Gasteiger partial charge in [-0.2, -0.15) is 0 Å². The molecule has 0 amide bonds. The molecule has 24 heavy (non-hydrogen) atoms. The summed E-state index contributed by atoms with van der Waals surface area (Å²) in [5, 5.41) is 0. The molecule has 1 heterocycles. The first kappa shape index (κ1) is 17.0. The van der Waals surface area contributed by atoms with E-state index < -0.39 is 0 Å². The molecule has 1 atom stereocenters. The quantitative estimate of drug-likeness (QED) is 0.744. The zero-order valence-electron chi connectivity index (χ0n) is 14.4. The van der Waals surface area contributed by atoms with Crippen LogP contribution in [0, 0.1) is 5.82 Å². The van der Waals surface area contributed by atoms with E-state index in [2.05, 4.69) is 30.1 Å². The molecule has 128 valence electrons. The van der Waals surface area contributed by atoms with Gasteiger partial charge in [0.25, 0.3) is 0 Å². The largest absolute Gasteiger partial charge is 0.493 e. The van der Waals surface area contributed by atoms with Crippen molar-refractivity contribution < 1.29 is 9.13 Å². The lowest BCUT2D eigenvalue weighted by Gasteiger charge is -2.20. The molecule has 3 rings (SSSR count). The van der Waals surface area contributed by atoms with Crippen LogP contribution in [-0.2, 0) is 12.8 Å². The van der Waals surface area contributed by atoms with E-state index in [4.69, 9.17) is 4.74 Å². The average Bonchev–Trinajstić information content (AvgIpc) is 3.00. The third kappa shape index (κ3) is 4.57. The van der Waals surface area contributed by atoms with Crippen molar-refractivity contribution in [3.63, 3.8) is 0 Å². The lowest BCUT2D eigenvalue weighted by atomic mass is 10.0. The minimum Gasteiger partial charge on any atom is -0.493 e. The molecule has 1 aliphatic rings. The van der Waals surface area contributed by atoms with E-state index >= 15 is 0 Å². The Bertz CT molecular complexity index is 641. The van der Waals surface area contributed by atoms with Crippen LogP contribution in [0.25, 0.3) is 0 Å². The van der Waals surface area contributed by atoms with Crippen molar-refractivity contribution in [2.45, 2.75) is 38.1 Å². The summed E-state index contributed by atoms with van der Waals surface area (Å²) in [6.07, 6.45) is 5.47. The van der Waals surface area contributed by atoms with E-state index in [1.807, 2.05) is 18.2 Å². The number of nitrogens with zero attached hydrogens (tertiary/aromatic N) is 1. The summed E-state index contributed by atoms with van der Waals surface area (Å²) < 4.78 is 19.1. The monoisotopic (exact) mass is 327 g/mol. The highest BCUT2D eigenvalue weighted by molar-refractivity contribution is 5.34. The maximum atomic E-state index is 13.0. The first-order valence-corrected chi connectivity index (χ1v) is 8.88. The molecule has 0 aromatic heterocycles. The zero-order chi connectivity index (χ0) is 16.8. The molecule has 1 aliphatic heterocycles. The Morgan fingerprint density at radius 1 is 1.08 bits per heavy atom. The SMILES string of the molecule is CN1CCCC1CCOc1ccccc1CCc1ccc(F)cc1. The summed E-state index contributed by atoms with van der Waals surface area (Å²) in [6.45, 7) is 1.97. The molecular formula is C21H26FNO. The minimum atomic E-state index is -0.181. The molecule has 0 N–H and O–H groups in total. The standard InChI is InChI=1S/C21H26FNO/c1-23-15-4-6-20(23)14-16-24-21-7-3-2-5-18(21)11-8-17-9-12-19(22)13-10-17/h2-3,5,7,9-10,12-13,20H,4,6,8,11,14-16H2,1H3. The van der Waals surface area contributed by atoms with Gasteiger partial charge in [-0.05, 0) is 75.0 Å². The Kier molecular flexibility index (Phi) is 5.86. The van der Waals surface area contributed by atoms with Crippen molar-refractivity contribution >= 4 is 0 Å². The van der Waals surface area contributed by atoms with Gasteiger partial charge >= 0.3 is 0 Å². The molecule has 1 fully saturated rings. The number of rotatable bonds is 7. The number of aryl methyl sites for hydroxylation is 2. The number of para-hydroxylation sites is 1. The van der Waals surface area contributed by atoms with Gasteiger partial charge in [0.2, 0.25) is 0 Å². The van der Waals surface area contributed by atoms with Crippen LogP contribution < -0.4 is 4.74 Å². The summed E-state index contributed by atoms with van der Waals surface area (Å²) in [4.78, 5) is 2.43. The number of halogens is 1. The Labute approximate surface area is 144 Å². The van der Waals surface area contributed by atoms with E-state index in [9.17, 15) is 4.39 Å². The van der Waals surface area contributed by atoms with Gasteiger partial charge in [0, 0.05) is 6.04 Å². The third-order valence-electron chi connectivity index (χ3n) is 4.95. The Balaban J connectivity index is 1.53. The summed E-state index contributed by atoms with van der Waals surface area (Å²) in [5.74, 6) is 0.805. The summed E-state index contributed by atoms with van der Waals surface area (Å²) >= 11 is 0. The second-order valence-electron chi connectivity index (χ2n) is 6.65. The fourth-order valence-corrected chi connectivity index (χ4v) is 3.43. The first-order chi connectivity index (χ1) is 11.7. The maximum absolute atomic E-state index is 13.0. The van der Waals surface area contributed by atoms with E-state index in [0.29, 0.717) is 6.04 Å². The second kappa shape index (κ2) is 8.29. The van der Waals surface area contributed by atoms with Crippen LogP contribution in [0.15, 0.2) is 48.5 Å². The van der Waals surface area contributed by atoms with Gasteiger partial charge in [-0.3, -0.25) is 0 Å². The molecule has 2 aromatic carbocycles. The predicted octanol–water partition coefficient (Wildman–Crippen LogP) is 4.47. The smallest absolute Gasteiger partial charge is 0.123 e. The van der Waals surface area contributed by atoms with E-state index in [1.54, 1.807) is 0 Å². The summed E-state index contributed by atoms with van der Waals surface area (Å²) in [7, 11) is 2.20. The van der Waals surface area contributed by atoms with E-state index in [1.165, 1.54) is 37.1 Å². The molecule has 0 spiro atoms. The minimum absolute atomic E-state index is 0.181. The fourth-order valence-electron chi connectivity index (χ4n) is 3.43. The maximum Gasteiger partial charge on any atom is 0.123 e. The topological polar surface area (TPSA) is 12.5 Å². The van der Waals surface area contributed by atoms with Gasteiger partial charge in [0.15, 0.2) is 0 Å². The van der Waals surface area contributed by atoms with Gasteiger partial charge in [-0.15, -0.1) is 0 Å².